The molecule has 0 radical (unpaired) electrons. The fraction of sp³-hybridized carbons (Fsp3) is 0.200. The lowest BCUT2D eigenvalue weighted by Crippen LogP contribution is -2.10. The summed E-state index contributed by atoms with van der Waals surface area (Å²) < 4.78 is 14.0. The first-order valence-electron chi connectivity index (χ1n) is 4.49. The maximum Gasteiger partial charge on any atom is 0.345 e. The number of hydrogen-bond donors (Lipinski definition) is 1. The molecule has 0 unspecified atom stereocenters. The Morgan fingerprint density at radius 3 is 3.00 bits per heavy atom. The molecule has 0 spiro atoms. The van der Waals surface area contributed by atoms with Gasteiger partial charge in [-0.05, 0) is 34.0 Å². The van der Waals surface area contributed by atoms with E-state index in [1.54, 1.807) is 6.07 Å². The Bertz CT molecular complexity index is 579. The number of halogens is 2. The molecule has 1 aromatic heterocycles. The predicted octanol–water partition coefficient (Wildman–Crippen LogP) is 2.39. The minimum absolute atomic E-state index is 0.334. The molecule has 0 bridgehead atoms. The van der Waals surface area contributed by atoms with Gasteiger partial charge in [0.25, 0.3) is 0 Å². The van der Waals surface area contributed by atoms with Gasteiger partial charge in [0.05, 0.1) is 15.4 Å². The van der Waals surface area contributed by atoms with Crippen LogP contribution in [0.2, 0.25) is 0 Å². The SMILES string of the molecule is CCc1cc(Br)c(F)c2cnc(=O)[nH]c12. The molecule has 0 aliphatic heterocycles. The minimum atomic E-state index is -0.459. The molecule has 0 saturated heterocycles. The van der Waals surface area contributed by atoms with E-state index in [0.717, 1.165) is 12.0 Å². The van der Waals surface area contributed by atoms with Crippen LogP contribution >= 0.6 is 15.9 Å². The van der Waals surface area contributed by atoms with Gasteiger partial charge in [-0.1, -0.05) is 6.92 Å². The van der Waals surface area contributed by atoms with Crippen molar-refractivity contribution in [2.45, 2.75) is 13.3 Å². The van der Waals surface area contributed by atoms with Crippen molar-refractivity contribution in [3.8, 4) is 0 Å². The highest BCUT2D eigenvalue weighted by Gasteiger charge is 2.10. The molecule has 2 rings (SSSR count). The van der Waals surface area contributed by atoms with Gasteiger partial charge < -0.3 is 4.98 Å². The highest BCUT2D eigenvalue weighted by Crippen LogP contribution is 2.26. The van der Waals surface area contributed by atoms with Crippen LogP contribution in [0.25, 0.3) is 10.9 Å². The Morgan fingerprint density at radius 2 is 2.33 bits per heavy atom. The Labute approximate surface area is 93.5 Å². The molecule has 1 N–H and O–H groups in total. The van der Waals surface area contributed by atoms with Gasteiger partial charge in [0.1, 0.15) is 5.82 Å². The number of H-pyrrole nitrogens is 1. The van der Waals surface area contributed by atoms with Crippen molar-refractivity contribution in [2.24, 2.45) is 0 Å². The summed E-state index contributed by atoms with van der Waals surface area (Å²) in [4.78, 5) is 17.1. The molecule has 78 valence electrons. The van der Waals surface area contributed by atoms with Crippen molar-refractivity contribution in [1.29, 1.82) is 0 Å². The molecule has 2 aromatic rings. The average molecular weight is 271 g/mol. The van der Waals surface area contributed by atoms with E-state index in [2.05, 4.69) is 25.9 Å². The molecule has 0 fully saturated rings. The first-order valence-corrected chi connectivity index (χ1v) is 5.28. The van der Waals surface area contributed by atoms with Gasteiger partial charge in [-0.2, -0.15) is 0 Å². The summed E-state index contributed by atoms with van der Waals surface area (Å²) in [7, 11) is 0. The van der Waals surface area contributed by atoms with Gasteiger partial charge in [-0.3, -0.25) is 0 Å². The van der Waals surface area contributed by atoms with Gasteiger partial charge >= 0.3 is 5.69 Å². The van der Waals surface area contributed by atoms with Crippen molar-refractivity contribution in [1.82, 2.24) is 9.97 Å². The highest BCUT2D eigenvalue weighted by atomic mass is 79.9. The van der Waals surface area contributed by atoms with E-state index < -0.39 is 11.5 Å². The summed E-state index contributed by atoms with van der Waals surface area (Å²) in [6.07, 6.45) is 1.97. The van der Waals surface area contributed by atoms with E-state index in [9.17, 15) is 9.18 Å². The second-order valence-electron chi connectivity index (χ2n) is 3.16. The Hall–Kier alpha value is -1.23. The number of rotatable bonds is 1. The third-order valence-corrected chi connectivity index (χ3v) is 2.84. The largest absolute Gasteiger partial charge is 0.345 e. The minimum Gasteiger partial charge on any atom is -0.305 e. The van der Waals surface area contributed by atoms with Gasteiger partial charge in [0.15, 0.2) is 0 Å². The molecule has 0 aliphatic carbocycles. The maximum atomic E-state index is 13.6. The summed E-state index contributed by atoms with van der Waals surface area (Å²) in [6.45, 7) is 1.94. The second-order valence-corrected chi connectivity index (χ2v) is 4.02. The molecule has 0 atom stereocenters. The topological polar surface area (TPSA) is 45.8 Å². The fourth-order valence-corrected chi connectivity index (χ4v) is 2.00. The number of hydrogen-bond acceptors (Lipinski definition) is 2. The van der Waals surface area contributed by atoms with Gasteiger partial charge in [-0.15, -0.1) is 0 Å². The number of nitrogens with zero attached hydrogens (tertiary/aromatic N) is 1. The van der Waals surface area contributed by atoms with E-state index >= 15 is 0 Å². The molecule has 1 aromatic carbocycles. The summed E-state index contributed by atoms with van der Waals surface area (Å²) in [6, 6.07) is 1.67. The average Bonchev–Trinajstić information content (AvgIpc) is 2.23. The molecular formula is C10H8BrFN2O. The molecular weight excluding hydrogens is 263 g/mol. The Kier molecular flexibility index (Phi) is 2.56. The van der Waals surface area contributed by atoms with Crippen LogP contribution in [-0.4, -0.2) is 9.97 Å². The smallest absolute Gasteiger partial charge is 0.305 e. The molecule has 3 nitrogen and oxygen atoms in total. The first-order chi connectivity index (χ1) is 7.13. The number of fused-ring (bicyclic) bond motifs is 1. The second kappa shape index (κ2) is 3.73. The lowest BCUT2D eigenvalue weighted by molar-refractivity contribution is 0.632. The predicted molar refractivity (Wildman–Crippen MR) is 59.4 cm³/mol. The van der Waals surface area contributed by atoms with Crippen LogP contribution in [0.3, 0.4) is 0 Å². The first kappa shape index (κ1) is 10.3. The molecule has 0 saturated carbocycles. The summed E-state index contributed by atoms with van der Waals surface area (Å²) in [5.74, 6) is -0.397. The Morgan fingerprint density at radius 1 is 1.60 bits per heavy atom. The number of aromatic nitrogens is 2. The summed E-state index contributed by atoms with van der Waals surface area (Å²) >= 11 is 3.13. The molecule has 5 heteroatoms. The molecule has 15 heavy (non-hydrogen) atoms. The Balaban J connectivity index is 2.96. The van der Waals surface area contributed by atoms with Crippen LogP contribution in [0.15, 0.2) is 21.5 Å². The monoisotopic (exact) mass is 270 g/mol. The quantitative estimate of drug-likeness (QED) is 0.865. The van der Waals surface area contributed by atoms with Crippen molar-refractivity contribution in [2.75, 3.05) is 0 Å². The zero-order chi connectivity index (χ0) is 11.0. The van der Waals surface area contributed by atoms with Crippen LogP contribution < -0.4 is 5.69 Å². The third-order valence-electron chi connectivity index (χ3n) is 2.26. The molecule has 0 aliphatic rings. The van der Waals surface area contributed by atoms with Gasteiger partial charge in [-0.25, -0.2) is 14.2 Å². The van der Waals surface area contributed by atoms with Crippen molar-refractivity contribution in [3.63, 3.8) is 0 Å². The number of benzene rings is 1. The molecule has 0 amide bonds. The fourth-order valence-electron chi connectivity index (χ4n) is 1.51. The van der Waals surface area contributed by atoms with Crippen LogP contribution in [0.1, 0.15) is 12.5 Å². The number of aromatic amines is 1. The van der Waals surface area contributed by atoms with E-state index in [1.165, 1.54) is 6.20 Å². The third kappa shape index (κ3) is 1.67. The normalized spacial score (nSPS) is 10.9. The summed E-state index contributed by atoms with van der Waals surface area (Å²) in [5, 5.41) is 0.334. The lowest BCUT2D eigenvalue weighted by Gasteiger charge is -2.06. The van der Waals surface area contributed by atoms with E-state index in [1.807, 2.05) is 6.92 Å². The summed E-state index contributed by atoms with van der Waals surface area (Å²) in [5.41, 5.74) is 0.954. The van der Waals surface area contributed by atoms with Crippen LogP contribution in [0, 0.1) is 5.82 Å². The van der Waals surface area contributed by atoms with Crippen LogP contribution in [0.4, 0.5) is 4.39 Å². The number of aryl methyl sites for hydroxylation is 1. The maximum absolute atomic E-state index is 13.6. The van der Waals surface area contributed by atoms with Gasteiger partial charge in [0, 0.05) is 6.20 Å². The van der Waals surface area contributed by atoms with Crippen molar-refractivity contribution >= 4 is 26.8 Å². The zero-order valence-electron chi connectivity index (χ0n) is 7.97. The number of nitrogens with one attached hydrogen (secondary N) is 1. The zero-order valence-corrected chi connectivity index (χ0v) is 9.56. The van der Waals surface area contributed by atoms with E-state index in [4.69, 9.17) is 0 Å². The molecule has 1 heterocycles. The van der Waals surface area contributed by atoms with E-state index in [0.29, 0.717) is 15.4 Å². The lowest BCUT2D eigenvalue weighted by atomic mass is 10.1. The van der Waals surface area contributed by atoms with Crippen molar-refractivity contribution in [3.05, 3.63) is 38.6 Å². The van der Waals surface area contributed by atoms with Crippen LogP contribution in [-0.2, 0) is 6.42 Å². The van der Waals surface area contributed by atoms with E-state index in [-0.39, 0.29) is 0 Å². The van der Waals surface area contributed by atoms with Gasteiger partial charge in [0.2, 0.25) is 0 Å². The standard InChI is InChI=1S/C10H8BrFN2O/c1-2-5-3-7(11)8(12)6-4-13-10(15)14-9(5)6/h3-4H,2H2,1H3,(H,13,14,15). The highest BCUT2D eigenvalue weighted by molar-refractivity contribution is 9.10. The van der Waals surface area contributed by atoms with Crippen LogP contribution in [0.5, 0.6) is 0 Å². The van der Waals surface area contributed by atoms with Crippen molar-refractivity contribution < 1.29 is 4.39 Å².